The van der Waals surface area contributed by atoms with E-state index in [-0.39, 0.29) is 5.91 Å². The number of nitrogens with zero attached hydrogens (tertiary/aromatic N) is 2. The van der Waals surface area contributed by atoms with Crippen molar-refractivity contribution in [1.29, 1.82) is 0 Å². The molecule has 106 valence electrons. The molecule has 0 saturated heterocycles. The Morgan fingerprint density at radius 1 is 1.35 bits per heavy atom. The van der Waals surface area contributed by atoms with Crippen molar-refractivity contribution in [3.63, 3.8) is 0 Å². The molecule has 20 heavy (non-hydrogen) atoms. The maximum Gasteiger partial charge on any atom is 0.251 e. The van der Waals surface area contributed by atoms with E-state index < -0.39 is 10.8 Å². The fourth-order valence-electron chi connectivity index (χ4n) is 1.78. The molecule has 0 radical (unpaired) electrons. The molecule has 6 heteroatoms. The summed E-state index contributed by atoms with van der Waals surface area (Å²) in [4.78, 5) is 12.6. The lowest BCUT2D eigenvalue weighted by atomic mass is 10.2. The Morgan fingerprint density at radius 3 is 2.70 bits per heavy atom. The van der Waals surface area contributed by atoms with Gasteiger partial charge in [0.15, 0.2) is 0 Å². The van der Waals surface area contributed by atoms with Gasteiger partial charge in [-0.3, -0.25) is 13.7 Å². The predicted molar refractivity (Wildman–Crippen MR) is 78.0 cm³/mol. The third-order valence-corrected chi connectivity index (χ3v) is 3.79. The molecular formula is C14H17N3O2S. The van der Waals surface area contributed by atoms with Crippen LogP contribution >= 0.6 is 0 Å². The zero-order valence-electron chi connectivity index (χ0n) is 11.3. The van der Waals surface area contributed by atoms with E-state index >= 15 is 0 Å². The topological polar surface area (TPSA) is 64.0 Å². The normalized spacial score (nSPS) is 12.1. The minimum absolute atomic E-state index is 0.112. The van der Waals surface area contributed by atoms with Gasteiger partial charge in [-0.05, 0) is 36.8 Å². The minimum atomic E-state index is -1.02. The molecule has 5 nitrogen and oxygen atoms in total. The van der Waals surface area contributed by atoms with Crippen LogP contribution in [0.1, 0.15) is 16.8 Å². The first-order chi connectivity index (χ1) is 9.66. The number of aromatic nitrogens is 2. The van der Waals surface area contributed by atoms with E-state index in [9.17, 15) is 9.00 Å². The number of benzene rings is 1. The van der Waals surface area contributed by atoms with Crippen molar-refractivity contribution in [3.05, 3.63) is 48.3 Å². The highest BCUT2D eigenvalue weighted by Gasteiger charge is 2.05. The van der Waals surface area contributed by atoms with Crippen molar-refractivity contribution in [1.82, 2.24) is 15.1 Å². The van der Waals surface area contributed by atoms with Crippen molar-refractivity contribution in [2.45, 2.75) is 17.9 Å². The van der Waals surface area contributed by atoms with Gasteiger partial charge in [-0.15, -0.1) is 0 Å². The summed E-state index contributed by atoms with van der Waals surface area (Å²) in [6, 6.07) is 8.69. The van der Waals surface area contributed by atoms with E-state index in [1.165, 1.54) is 0 Å². The van der Waals surface area contributed by atoms with Crippen LogP contribution in [0.3, 0.4) is 0 Å². The van der Waals surface area contributed by atoms with Gasteiger partial charge in [0.2, 0.25) is 0 Å². The summed E-state index contributed by atoms with van der Waals surface area (Å²) in [5, 5.41) is 6.95. The highest BCUT2D eigenvalue weighted by atomic mass is 32.2. The summed E-state index contributed by atoms with van der Waals surface area (Å²) in [6.07, 6.45) is 6.07. The molecule has 2 rings (SSSR count). The van der Waals surface area contributed by atoms with Gasteiger partial charge in [-0.1, -0.05) is 0 Å². The van der Waals surface area contributed by atoms with Crippen molar-refractivity contribution < 1.29 is 9.00 Å². The van der Waals surface area contributed by atoms with Gasteiger partial charge < -0.3 is 5.32 Å². The van der Waals surface area contributed by atoms with Crippen molar-refractivity contribution in [2.75, 3.05) is 12.8 Å². The lowest BCUT2D eigenvalue weighted by molar-refractivity contribution is 0.0952. The second-order valence-corrected chi connectivity index (χ2v) is 5.74. The number of carbonyl (C=O) groups is 1. The van der Waals surface area contributed by atoms with E-state index in [1.54, 1.807) is 36.7 Å². The molecule has 0 aliphatic heterocycles. The quantitative estimate of drug-likeness (QED) is 0.819. The lowest BCUT2D eigenvalue weighted by Gasteiger charge is -2.06. The zero-order valence-corrected chi connectivity index (χ0v) is 12.1. The van der Waals surface area contributed by atoms with E-state index in [4.69, 9.17) is 0 Å². The van der Waals surface area contributed by atoms with Crippen molar-refractivity contribution >= 4 is 16.7 Å². The third-order valence-electron chi connectivity index (χ3n) is 2.86. The second-order valence-electron chi connectivity index (χ2n) is 4.36. The summed E-state index contributed by atoms with van der Waals surface area (Å²) in [7, 11) is -1.02. The molecule has 0 spiro atoms. The molecule has 0 saturated carbocycles. The first-order valence-electron chi connectivity index (χ1n) is 6.36. The molecule has 1 heterocycles. The molecule has 1 amide bonds. The van der Waals surface area contributed by atoms with E-state index in [0.29, 0.717) is 12.1 Å². The van der Waals surface area contributed by atoms with Crippen LogP contribution in [0.15, 0.2) is 47.6 Å². The molecule has 0 aliphatic carbocycles. The highest BCUT2D eigenvalue weighted by molar-refractivity contribution is 7.84. The summed E-state index contributed by atoms with van der Waals surface area (Å²) in [5.74, 6) is -0.112. The molecule has 1 N–H and O–H groups in total. The maximum absolute atomic E-state index is 11.9. The van der Waals surface area contributed by atoms with Gasteiger partial charge in [0, 0.05) is 53.0 Å². The Balaban J connectivity index is 1.78. The van der Waals surface area contributed by atoms with Crippen LogP contribution in [-0.4, -0.2) is 32.7 Å². The predicted octanol–water partition coefficient (Wildman–Crippen LogP) is 1.44. The smallest absolute Gasteiger partial charge is 0.251 e. The van der Waals surface area contributed by atoms with Crippen LogP contribution in [0.5, 0.6) is 0 Å². The van der Waals surface area contributed by atoms with Crippen LogP contribution in [0.25, 0.3) is 0 Å². The van der Waals surface area contributed by atoms with Crippen LogP contribution in [0, 0.1) is 0 Å². The van der Waals surface area contributed by atoms with Gasteiger partial charge >= 0.3 is 0 Å². The SMILES string of the molecule is C[S@](=O)c1ccc(C(=O)NCCCn2cccn2)cc1. The molecule has 0 bridgehead atoms. The number of amides is 1. The average Bonchev–Trinajstić information content (AvgIpc) is 2.96. The molecule has 1 atom stereocenters. The Kier molecular flexibility index (Phi) is 5.06. The number of carbonyl (C=O) groups excluding carboxylic acids is 1. The van der Waals surface area contributed by atoms with E-state index in [1.807, 2.05) is 16.9 Å². The summed E-state index contributed by atoms with van der Waals surface area (Å²) >= 11 is 0. The molecule has 0 aliphatic rings. The molecule has 0 fully saturated rings. The molecule has 1 aromatic heterocycles. The lowest BCUT2D eigenvalue weighted by Crippen LogP contribution is -2.25. The molecule has 2 aromatic rings. The Morgan fingerprint density at radius 2 is 2.10 bits per heavy atom. The number of aryl methyl sites for hydroxylation is 1. The Labute approximate surface area is 120 Å². The van der Waals surface area contributed by atoms with Crippen LogP contribution in [0.4, 0.5) is 0 Å². The maximum atomic E-state index is 11.9. The zero-order chi connectivity index (χ0) is 14.4. The van der Waals surface area contributed by atoms with E-state index in [0.717, 1.165) is 17.9 Å². The van der Waals surface area contributed by atoms with Gasteiger partial charge in [-0.2, -0.15) is 5.10 Å². The van der Waals surface area contributed by atoms with Crippen LogP contribution in [-0.2, 0) is 17.3 Å². The van der Waals surface area contributed by atoms with Gasteiger partial charge in [-0.25, -0.2) is 0 Å². The largest absolute Gasteiger partial charge is 0.352 e. The monoisotopic (exact) mass is 291 g/mol. The number of rotatable bonds is 6. The Bertz CT molecular complexity index is 579. The summed E-state index contributed by atoms with van der Waals surface area (Å²) in [5.41, 5.74) is 0.582. The minimum Gasteiger partial charge on any atom is -0.352 e. The van der Waals surface area contributed by atoms with Crippen LogP contribution in [0.2, 0.25) is 0 Å². The summed E-state index contributed by atoms with van der Waals surface area (Å²) in [6.45, 7) is 1.38. The number of nitrogens with one attached hydrogen (secondary N) is 1. The van der Waals surface area contributed by atoms with E-state index in [2.05, 4.69) is 10.4 Å². The molecule has 0 unspecified atom stereocenters. The standard InChI is InChI=1S/C14H17N3O2S/c1-20(19)13-6-4-12(5-7-13)14(18)15-8-2-10-17-11-3-9-16-17/h3-7,9,11H,2,8,10H2,1H3,(H,15,18)/t20-/m0/s1. The van der Waals surface area contributed by atoms with Gasteiger partial charge in [0.25, 0.3) is 5.91 Å². The second kappa shape index (κ2) is 7.00. The first kappa shape index (κ1) is 14.5. The fraction of sp³-hybridized carbons (Fsp3) is 0.286. The Hall–Kier alpha value is -1.95. The first-order valence-corrected chi connectivity index (χ1v) is 7.92. The van der Waals surface area contributed by atoms with Gasteiger partial charge in [0.05, 0.1) is 0 Å². The molecule has 1 aromatic carbocycles. The van der Waals surface area contributed by atoms with Crippen molar-refractivity contribution in [2.24, 2.45) is 0 Å². The van der Waals surface area contributed by atoms with Crippen molar-refractivity contribution in [3.8, 4) is 0 Å². The third kappa shape index (κ3) is 4.03. The average molecular weight is 291 g/mol. The molecular weight excluding hydrogens is 274 g/mol. The van der Waals surface area contributed by atoms with Gasteiger partial charge in [0.1, 0.15) is 0 Å². The fourth-order valence-corrected chi connectivity index (χ4v) is 2.30. The number of hydrogen-bond donors (Lipinski definition) is 1. The van der Waals surface area contributed by atoms with Crippen LogP contribution < -0.4 is 5.32 Å². The summed E-state index contributed by atoms with van der Waals surface area (Å²) < 4.78 is 13.1. The number of hydrogen-bond acceptors (Lipinski definition) is 3. The highest BCUT2D eigenvalue weighted by Crippen LogP contribution is 2.07.